The fraction of sp³-hybridized carbons (Fsp3) is 0.625. The zero-order valence-corrected chi connectivity index (χ0v) is 8.90. The van der Waals surface area contributed by atoms with Gasteiger partial charge in [-0.3, -0.25) is 0 Å². The third-order valence-corrected chi connectivity index (χ3v) is 1.89. The molecule has 2 rings (SSSR count). The monoisotopic (exact) mass is 231 g/mol. The fourth-order valence-electron chi connectivity index (χ4n) is 0.992. The Balaban J connectivity index is 2.07. The highest BCUT2D eigenvalue weighted by Gasteiger charge is 2.22. The fourth-order valence-corrected chi connectivity index (χ4v) is 1.14. The number of hydrogen-bond donors (Lipinski definition) is 0. The summed E-state index contributed by atoms with van der Waals surface area (Å²) < 4.78 is 15.4. The summed E-state index contributed by atoms with van der Waals surface area (Å²) in [7, 11) is 0. The average Bonchev–Trinajstić information content (AvgIpc) is 2.11. The molecule has 0 amide bonds. The van der Waals surface area contributed by atoms with Crippen LogP contribution in [0.25, 0.3) is 0 Å². The van der Waals surface area contributed by atoms with Gasteiger partial charge >= 0.3 is 12.0 Å². The molecule has 7 heteroatoms. The van der Waals surface area contributed by atoms with Gasteiger partial charge in [-0.1, -0.05) is 0 Å². The summed E-state index contributed by atoms with van der Waals surface area (Å²) in [5, 5.41) is 0.0590. The topological polar surface area (TPSA) is 66.4 Å². The van der Waals surface area contributed by atoms with Crippen LogP contribution in [0.4, 0.5) is 0 Å². The molecule has 0 N–H and O–H groups in total. The van der Waals surface area contributed by atoms with E-state index in [-0.39, 0.29) is 23.4 Å². The van der Waals surface area contributed by atoms with Gasteiger partial charge in [0.15, 0.2) is 0 Å². The Morgan fingerprint density at radius 2 is 2.07 bits per heavy atom. The standard InChI is InChI=1S/C8H10ClN3O3/c1-2-14-7-10-6(9)11-8(12-7)15-5-3-13-4-5/h5H,2-4H2,1H3. The molecule has 1 aromatic heterocycles. The maximum atomic E-state index is 5.68. The van der Waals surface area contributed by atoms with Crippen LogP contribution in [-0.4, -0.2) is 40.9 Å². The maximum Gasteiger partial charge on any atom is 0.324 e. The van der Waals surface area contributed by atoms with Crippen molar-refractivity contribution in [2.45, 2.75) is 13.0 Å². The van der Waals surface area contributed by atoms with E-state index in [0.717, 1.165) is 0 Å². The summed E-state index contributed by atoms with van der Waals surface area (Å²) in [5.41, 5.74) is 0. The van der Waals surface area contributed by atoms with E-state index in [9.17, 15) is 0 Å². The van der Waals surface area contributed by atoms with Crippen molar-refractivity contribution in [2.24, 2.45) is 0 Å². The second kappa shape index (κ2) is 4.59. The lowest BCUT2D eigenvalue weighted by molar-refractivity contribution is -0.0833. The minimum atomic E-state index is -0.00190. The molecule has 0 atom stereocenters. The second-order valence-electron chi connectivity index (χ2n) is 2.88. The van der Waals surface area contributed by atoms with Crippen molar-refractivity contribution in [1.82, 2.24) is 15.0 Å². The summed E-state index contributed by atoms with van der Waals surface area (Å²) in [4.78, 5) is 11.5. The van der Waals surface area contributed by atoms with Crippen LogP contribution in [0.5, 0.6) is 12.0 Å². The van der Waals surface area contributed by atoms with Crippen LogP contribution < -0.4 is 9.47 Å². The van der Waals surface area contributed by atoms with E-state index in [0.29, 0.717) is 19.8 Å². The summed E-state index contributed by atoms with van der Waals surface area (Å²) in [6.45, 7) is 3.39. The Labute approximate surface area is 91.6 Å². The molecule has 2 heterocycles. The molecule has 1 saturated heterocycles. The molecule has 0 aromatic carbocycles. The van der Waals surface area contributed by atoms with E-state index in [1.165, 1.54) is 0 Å². The van der Waals surface area contributed by atoms with Gasteiger partial charge < -0.3 is 14.2 Å². The summed E-state index contributed by atoms with van der Waals surface area (Å²) in [6, 6.07) is 0.347. The Kier molecular flexibility index (Phi) is 3.17. The van der Waals surface area contributed by atoms with Crippen molar-refractivity contribution in [2.75, 3.05) is 19.8 Å². The van der Waals surface area contributed by atoms with E-state index in [1.807, 2.05) is 6.92 Å². The second-order valence-corrected chi connectivity index (χ2v) is 3.22. The SMILES string of the molecule is CCOc1nc(Cl)nc(OC2COC2)n1. The van der Waals surface area contributed by atoms with Gasteiger partial charge in [0.25, 0.3) is 0 Å². The molecule has 1 fully saturated rings. The molecule has 6 nitrogen and oxygen atoms in total. The van der Waals surface area contributed by atoms with E-state index < -0.39 is 0 Å². The molecule has 0 unspecified atom stereocenters. The highest BCUT2D eigenvalue weighted by atomic mass is 35.5. The third-order valence-electron chi connectivity index (χ3n) is 1.72. The van der Waals surface area contributed by atoms with Crippen LogP contribution >= 0.6 is 11.6 Å². The van der Waals surface area contributed by atoms with Gasteiger partial charge in [-0.25, -0.2) is 0 Å². The number of rotatable bonds is 4. The van der Waals surface area contributed by atoms with Crippen molar-refractivity contribution < 1.29 is 14.2 Å². The highest BCUT2D eigenvalue weighted by molar-refractivity contribution is 6.28. The van der Waals surface area contributed by atoms with Crippen molar-refractivity contribution >= 4 is 11.6 Å². The van der Waals surface area contributed by atoms with Gasteiger partial charge in [0.05, 0.1) is 19.8 Å². The van der Waals surface area contributed by atoms with Gasteiger partial charge in [0, 0.05) is 0 Å². The summed E-state index contributed by atoms with van der Waals surface area (Å²) in [5.74, 6) is 0. The van der Waals surface area contributed by atoms with E-state index in [4.69, 9.17) is 25.8 Å². The molecule has 0 radical (unpaired) electrons. The minimum Gasteiger partial charge on any atom is -0.464 e. The third kappa shape index (κ3) is 2.66. The molecule has 0 spiro atoms. The van der Waals surface area contributed by atoms with Gasteiger partial charge in [0.2, 0.25) is 5.28 Å². The normalized spacial score (nSPS) is 15.9. The Morgan fingerprint density at radius 3 is 2.67 bits per heavy atom. The van der Waals surface area contributed by atoms with Crippen molar-refractivity contribution in [3.63, 3.8) is 0 Å². The van der Waals surface area contributed by atoms with Gasteiger partial charge in [0.1, 0.15) is 6.10 Å². The molecule has 1 aliphatic rings. The number of hydrogen-bond acceptors (Lipinski definition) is 6. The largest absolute Gasteiger partial charge is 0.464 e. The Bertz CT molecular complexity index is 346. The lowest BCUT2D eigenvalue weighted by Crippen LogP contribution is -2.39. The van der Waals surface area contributed by atoms with E-state index in [2.05, 4.69) is 15.0 Å². The first-order valence-electron chi connectivity index (χ1n) is 4.56. The van der Waals surface area contributed by atoms with Crippen LogP contribution in [-0.2, 0) is 4.74 Å². The molecule has 0 aliphatic carbocycles. The van der Waals surface area contributed by atoms with Crippen LogP contribution in [0.15, 0.2) is 0 Å². The first kappa shape index (κ1) is 10.4. The van der Waals surface area contributed by atoms with E-state index in [1.54, 1.807) is 0 Å². The molecule has 1 aromatic rings. The zero-order valence-electron chi connectivity index (χ0n) is 8.14. The zero-order chi connectivity index (χ0) is 10.7. The number of nitrogens with zero attached hydrogens (tertiary/aromatic N) is 3. The smallest absolute Gasteiger partial charge is 0.324 e. The molecular weight excluding hydrogens is 222 g/mol. The minimum absolute atomic E-state index is 0.00190. The maximum absolute atomic E-state index is 5.68. The van der Waals surface area contributed by atoms with Crippen LogP contribution in [0, 0.1) is 0 Å². The molecule has 0 saturated carbocycles. The Morgan fingerprint density at radius 1 is 1.33 bits per heavy atom. The van der Waals surface area contributed by atoms with Gasteiger partial charge in [-0.05, 0) is 18.5 Å². The highest BCUT2D eigenvalue weighted by Crippen LogP contribution is 2.16. The van der Waals surface area contributed by atoms with Crippen LogP contribution in [0.2, 0.25) is 5.28 Å². The van der Waals surface area contributed by atoms with Crippen molar-refractivity contribution in [3.05, 3.63) is 5.28 Å². The van der Waals surface area contributed by atoms with Gasteiger partial charge in [-0.2, -0.15) is 9.97 Å². The van der Waals surface area contributed by atoms with E-state index >= 15 is 0 Å². The predicted molar refractivity (Wildman–Crippen MR) is 51.2 cm³/mol. The number of ether oxygens (including phenoxy) is 3. The lowest BCUT2D eigenvalue weighted by Gasteiger charge is -2.25. The predicted octanol–water partition coefficient (Wildman–Crippen LogP) is 0.701. The quantitative estimate of drug-likeness (QED) is 0.760. The average molecular weight is 232 g/mol. The molecule has 1 aliphatic heterocycles. The molecular formula is C8H10ClN3O3. The van der Waals surface area contributed by atoms with Crippen molar-refractivity contribution in [3.8, 4) is 12.0 Å². The molecule has 0 bridgehead atoms. The summed E-state index contributed by atoms with van der Waals surface area (Å²) in [6.07, 6.45) is -0.00190. The van der Waals surface area contributed by atoms with Crippen molar-refractivity contribution in [1.29, 1.82) is 0 Å². The van der Waals surface area contributed by atoms with Crippen LogP contribution in [0.1, 0.15) is 6.92 Å². The molecule has 15 heavy (non-hydrogen) atoms. The lowest BCUT2D eigenvalue weighted by atomic mass is 10.3. The molecule has 82 valence electrons. The number of aromatic nitrogens is 3. The first-order valence-corrected chi connectivity index (χ1v) is 4.94. The van der Waals surface area contributed by atoms with Crippen LogP contribution in [0.3, 0.4) is 0 Å². The van der Waals surface area contributed by atoms with Gasteiger partial charge in [-0.15, -0.1) is 4.98 Å². The Hall–Kier alpha value is -1.14. The summed E-state index contributed by atoms with van der Waals surface area (Å²) >= 11 is 5.68. The number of halogens is 1. The first-order chi connectivity index (χ1) is 7.28.